The highest BCUT2D eigenvalue weighted by atomic mass is 19.3. The Morgan fingerprint density at radius 2 is 2.00 bits per heavy atom. The highest BCUT2D eigenvalue weighted by Crippen LogP contribution is 2.17. The summed E-state index contributed by atoms with van der Waals surface area (Å²) in [5.41, 5.74) is 5.94. The van der Waals surface area contributed by atoms with E-state index in [1.165, 1.54) is 12.1 Å². The highest BCUT2D eigenvalue weighted by molar-refractivity contribution is 5.29. The number of ether oxygens (including phenoxy) is 1. The summed E-state index contributed by atoms with van der Waals surface area (Å²) in [5.74, 6) is -0.399. The van der Waals surface area contributed by atoms with Crippen LogP contribution in [0.15, 0.2) is 18.2 Å². The lowest BCUT2D eigenvalue weighted by molar-refractivity contribution is 0.0817. The molecule has 1 rings (SSSR count). The zero-order valence-electron chi connectivity index (χ0n) is 8.05. The fraction of sp³-hybridized carbons (Fsp3) is 0.400. The summed E-state index contributed by atoms with van der Waals surface area (Å²) in [4.78, 5) is 0. The number of halogens is 3. The Morgan fingerprint density at radius 3 is 2.60 bits per heavy atom. The third-order valence-electron chi connectivity index (χ3n) is 1.74. The Bertz CT molecular complexity index is 318. The van der Waals surface area contributed by atoms with E-state index in [0.717, 1.165) is 6.07 Å². The van der Waals surface area contributed by atoms with Gasteiger partial charge in [0.15, 0.2) is 0 Å². The molecule has 5 heteroatoms. The van der Waals surface area contributed by atoms with Crippen molar-refractivity contribution in [3.05, 3.63) is 29.6 Å². The first-order valence-corrected chi connectivity index (χ1v) is 4.52. The predicted octanol–water partition coefficient (Wildman–Crippen LogP) is 1.97. The molecule has 0 aromatic heterocycles. The molecule has 84 valence electrons. The summed E-state index contributed by atoms with van der Waals surface area (Å²) in [6, 6.07) is 3.89. The molecule has 1 aromatic carbocycles. The number of hydrogen-bond donors (Lipinski definition) is 1. The van der Waals surface area contributed by atoms with Crippen molar-refractivity contribution < 1.29 is 17.9 Å². The van der Waals surface area contributed by atoms with Crippen LogP contribution in [0.5, 0.6) is 5.75 Å². The zero-order chi connectivity index (χ0) is 11.3. The van der Waals surface area contributed by atoms with Gasteiger partial charge in [-0.05, 0) is 30.7 Å². The van der Waals surface area contributed by atoms with Crippen LogP contribution in [0.1, 0.15) is 5.56 Å². The molecule has 0 aliphatic carbocycles. The summed E-state index contributed by atoms with van der Waals surface area (Å²) in [7, 11) is 0. The monoisotopic (exact) mass is 219 g/mol. The maximum absolute atomic E-state index is 13.0. The van der Waals surface area contributed by atoms with Crippen molar-refractivity contribution in [2.24, 2.45) is 5.73 Å². The third kappa shape index (κ3) is 4.20. The normalized spacial score (nSPS) is 10.7. The van der Waals surface area contributed by atoms with Gasteiger partial charge in [0.05, 0.1) is 0 Å². The van der Waals surface area contributed by atoms with Crippen LogP contribution < -0.4 is 10.5 Å². The second-order valence-electron chi connectivity index (χ2n) is 3.04. The second kappa shape index (κ2) is 5.60. The fourth-order valence-corrected chi connectivity index (χ4v) is 1.17. The molecule has 0 heterocycles. The van der Waals surface area contributed by atoms with Crippen LogP contribution in [-0.4, -0.2) is 19.6 Å². The van der Waals surface area contributed by atoms with E-state index in [4.69, 9.17) is 10.5 Å². The highest BCUT2D eigenvalue weighted by Gasteiger charge is 2.05. The molecule has 0 saturated heterocycles. The lowest BCUT2D eigenvalue weighted by Gasteiger charge is -2.07. The number of rotatable bonds is 5. The first-order valence-electron chi connectivity index (χ1n) is 4.52. The molecule has 0 bridgehead atoms. The van der Waals surface area contributed by atoms with E-state index < -0.39 is 18.8 Å². The van der Waals surface area contributed by atoms with Gasteiger partial charge in [0, 0.05) is 6.07 Å². The SMILES string of the molecule is NCCc1cc(F)cc(OCC(F)F)c1. The maximum atomic E-state index is 13.0. The molecule has 0 aliphatic heterocycles. The van der Waals surface area contributed by atoms with Crippen LogP contribution in [0.3, 0.4) is 0 Å². The Balaban J connectivity index is 2.70. The summed E-state index contributed by atoms with van der Waals surface area (Å²) in [6.45, 7) is -0.358. The molecule has 0 atom stereocenters. The Morgan fingerprint density at radius 1 is 1.27 bits per heavy atom. The first-order chi connectivity index (χ1) is 7.11. The van der Waals surface area contributed by atoms with Crippen LogP contribution in [0.2, 0.25) is 0 Å². The van der Waals surface area contributed by atoms with Gasteiger partial charge in [-0.3, -0.25) is 0 Å². The van der Waals surface area contributed by atoms with Gasteiger partial charge in [-0.25, -0.2) is 13.2 Å². The van der Waals surface area contributed by atoms with Gasteiger partial charge in [-0.1, -0.05) is 0 Å². The van der Waals surface area contributed by atoms with Gasteiger partial charge < -0.3 is 10.5 Å². The van der Waals surface area contributed by atoms with Crippen LogP contribution in [0.25, 0.3) is 0 Å². The zero-order valence-corrected chi connectivity index (χ0v) is 8.05. The molecule has 0 unspecified atom stereocenters. The van der Waals surface area contributed by atoms with Gasteiger partial charge >= 0.3 is 0 Å². The lowest BCUT2D eigenvalue weighted by atomic mass is 10.1. The molecule has 1 aromatic rings. The minimum absolute atomic E-state index is 0.110. The minimum atomic E-state index is -2.56. The molecule has 0 saturated carbocycles. The van der Waals surface area contributed by atoms with E-state index >= 15 is 0 Å². The smallest absolute Gasteiger partial charge is 0.272 e. The van der Waals surface area contributed by atoms with E-state index in [-0.39, 0.29) is 5.75 Å². The van der Waals surface area contributed by atoms with Crippen molar-refractivity contribution in [3.8, 4) is 5.75 Å². The van der Waals surface area contributed by atoms with E-state index in [0.29, 0.717) is 18.5 Å². The second-order valence-corrected chi connectivity index (χ2v) is 3.04. The number of benzene rings is 1. The van der Waals surface area contributed by atoms with Crippen molar-refractivity contribution in [2.75, 3.05) is 13.2 Å². The molecule has 0 fully saturated rings. The van der Waals surface area contributed by atoms with Crippen LogP contribution in [0, 0.1) is 5.82 Å². The predicted molar refractivity (Wildman–Crippen MR) is 50.7 cm³/mol. The molecular weight excluding hydrogens is 207 g/mol. The standard InChI is InChI=1S/C10H12F3NO/c11-8-3-7(1-2-14)4-9(5-8)15-6-10(12)13/h3-5,10H,1-2,6,14H2. The van der Waals surface area contributed by atoms with Gasteiger partial charge in [-0.15, -0.1) is 0 Å². The van der Waals surface area contributed by atoms with E-state index in [2.05, 4.69) is 0 Å². The molecular formula is C10H12F3NO. The van der Waals surface area contributed by atoms with Crippen LogP contribution >= 0.6 is 0 Å². The summed E-state index contributed by atoms with van der Waals surface area (Å²) in [6.07, 6.45) is -2.07. The molecule has 0 radical (unpaired) electrons. The molecule has 0 spiro atoms. The lowest BCUT2D eigenvalue weighted by Crippen LogP contribution is -2.08. The van der Waals surface area contributed by atoms with Crippen molar-refractivity contribution in [2.45, 2.75) is 12.8 Å². The fourth-order valence-electron chi connectivity index (χ4n) is 1.17. The minimum Gasteiger partial charge on any atom is -0.488 e. The summed E-state index contributed by atoms with van der Waals surface area (Å²) < 4.78 is 41.3. The Kier molecular flexibility index (Phi) is 4.42. The average molecular weight is 219 g/mol. The largest absolute Gasteiger partial charge is 0.488 e. The molecule has 15 heavy (non-hydrogen) atoms. The Hall–Kier alpha value is -1.23. The first kappa shape index (κ1) is 11.8. The molecule has 2 nitrogen and oxygen atoms in total. The van der Waals surface area contributed by atoms with Gasteiger partial charge in [0.2, 0.25) is 0 Å². The quantitative estimate of drug-likeness (QED) is 0.821. The van der Waals surface area contributed by atoms with Gasteiger partial charge in [0.25, 0.3) is 6.43 Å². The number of hydrogen-bond acceptors (Lipinski definition) is 2. The number of nitrogens with two attached hydrogens (primary N) is 1. The van der Waals surface area contributed by atoms with E-state index in [1.54, 1.807) is 0 Å². The van der Waals surface area contributed by atoms with Crippen molar-refractivity contribution in [1.82, 2.24) is 0 Å². The summed E-state index contributed by atoms with van der Waals surface area (Å²) >= 11 is 0. The van der Waals surface area contributed by atoms with Crippen molar-refractivity contribution in [1.29, 1.82) is 0 Å². The molecule has 0 aliphatic rings. The maximum Gasteiger partial charge on any atom is 0.272 e. The van der Waals surface area contributed by atoms with Crippen LogP contribution in [-0.2, 0) is 6.42 Å². The van der Waals surface area contributed by atoms with E-state index in [9.17, 15) is 13.2 Å². The topological polar surface area (TPSA) is 35.2 Å². The summed E-state index contributed by atoms with van der Waals surface area (Å²) in [5, 5.41) is 0. The van der Waals surface area contributed by atoms with Crippen LogP contribution in [0.4, 0.5) is 13.2 Å². The molecule has 2 N–H and O–H groups in total. The Labute approximate surface area is 85.8 Å². The number of alkyl halides is 2. The van der Waals surface area contributed by atoms with Crippen molar-refractivity contribution >= 4 is 0 Å². The van der Waals surface area contributed by atoms with E-state index in [1.807, 2.05) is 0 Å². The van der Waals surface area contributed by atoms with Gasteiger partial charge in [-0.2, -0.15) is 0 Å². The third-order valence-corrected chi connectivity index (χ3v) is 1.74. The van der Waals surface area contributed by atoms with Crippen molar-refractivity contribution in [3.63, 3.8) is 0 Å². The van der Waals surface area contributed by atoms with Gasteiger partial charge in [0.1, 0.15) is 18.2 Å². The molecule has 0 amide bonds. The average Bonchev–Trinajstić information content (AvgIpc) is 2.14.